The zero-order chi connectivity index (χ0) is 11.8. The van der Waals surface area contributed by atoms with E-state index in [1.165, 1.54) is 0 Å². The Balaban J connectivity index is 2.63. The molecule has 3 heteroatoms. The van der Waals surface area contributed by atoms with Crippen LogP contribution in [-0.4, -0.2) is 20.8 Å². The van der Waals surface area contributed by atoms with Crippen molar-refractivity contribution in [3.63, 3.8) is 0 Å². The molecule has 0 spiro atoms. The van der Waals surface area contributed by atoms with Gasteiger partial charge in [-0.05, 0) is 25.0 Å². The first-order chi connectivity index (χ1) is 7.81. The summed E-state index contributed by atoms with van der Waals surface area (Å²) in [7, 11) is 3.32. The molecule has 1 aromatic carbocycles. The number of allylic oxidation sites excluding steroid dienone is 1. The first-order valence-corrected chi connectivity index (χ1v) is 5.38. The minimum absolute atomic E-state index is 0.826. The van der Waals surface area contributed by atoms with Crippen molar-refractivity contribution in [3.05, 3.63) is 30.9 Å². The molecule has 0 saturated carbocycles. The highest BCUT2D eigenvalue weighted by Gasteiger charge is 2.03. The summed E-state index contributed by atoms with van der Waals surface area (Å²) < 4.78 is 10.4. The fourth-order valence-electron chi connectivity index (χ4n) is 1.42. The number of unbranched alkanes of at least 4 members (excludes halogenated alkanes) is 1. The molecule has 0 saturated heterocycles. The predicted molar refractivity (Wildman–Crippen MR) is 67.5 cm³/mol. The molecule has 0 aromatic heterocycles. The Morgan fingerprint density at radius 3 is 2.75 bits per heavy atom. The van der Waals surface area contributed by atoms with Crippen LogP contribution in [0.4, 0.5) is 5.69 Å². The molecule has 88 valence electrons. The molecule has 0 unspecified atom stereocenters. The molecule has 0 radical (unpaired) electrons. The summed E-state index contributed by atoms with van der Waals surface area (Å²) in [4.78, 5) is 0. The highest BCUT2D eigenvalue weighted by atomic mass is 16.5. The van der Waals surface area contributed by atoms with Crippen LogP contribution in [-0.2, 0) is 0 Å². The molecule has 1 aromatic rings. The number of hydrogen-bond acceptors (Lipinski definition) is 3. The van der Waals surface area contributed by atoms with Crippen LogP contribution in [0.5, 0.6) is 11.5 Å². The van der Waals surface area contributed by atoms with Crippen molar-refractivity contribution in [1.29, 1.82) is 0 Å². The largest absolute Gasteiger partial charge is 0.497 e. The number of ether oxygens (including phenoxy) is 2. The molecule has 1 rings (SSSR count). The van der Waals surface area contributed by atoms with Crippen LogP contribution >= 0.6 is 0 Å². The maximum absolute atomic E-state index is 5.26. The fraction of sp³-hybridized carbons (Fsp3) is 0.385. The Hall–Kier alpha value is -1.64. The van der Waals surface area contributed by atoms with Crippen molar-refractivity contribution in [2.75, 3.05) is 26.1 Å². The van der Waals surface area contributed by atoms with Gasteiger partial charge in [0, 0.05) is 12.6 Å². The highest BCUT2D eigenvalue weighted by molar-refractivity contribution is 5.59. The molecule has 3 nitrogen and oxygen atoms in total. The van der Waals surface area contributed by atoms with Crippen molar-refractivity contribution in [2.24, 2.45) is 0 Å². The van der Waals surface area contributed by atoms with Gasteiger partial charge in [-0.15, -0.1) is 6.58 Å². The normalized spacial score (nSPS) is 9.62. The average Bonchev–Trinajstić information content (AvgIpc) is 2.34. The third-order valence-corrected chi connectivity index (χ3v) is 2.31. The van der Waals surface area contributed by atoms with Crippen molar-refractivity contribution in [3.8, 4) is 11.5 Å². The summed E-state index contributed by atoms with van der Waals surface area (Å²) in [5, 5.41) is 3.32. The van der Waals surface area contributed by atoms with E-state index in [1.54, 1.807) is 14.2 Å². The van der Waals surface area contributed by atoms with E-state index in [4.69, 9.17) is 9.47 Å². The Kier molecular flexibility index (Phi) is 5.26. The van der Waals surface area contributed by atoms with Crippen LogP contribution < -0.4 is 14.8 Å². The topological polar surface area (TPSA) is 30.5 Å². The fourth-order valence-corrected chi connectivity index (χ4v) is 1.42. The van der Waals surface area contributed by atoms with E-state index in [0.717, 1.165) is 36.6 Å². The number of methoxy groups -OCH3 is 2. The van der Waals surface area contributed by atoms with Crippen molar-refractivity contribution < 1.29 is 9.47 Å². The summed E-state index contributed by atoms with van der Waals surface area (Å²) >= 11 is 0. The lowest BCUT2D eigenvalue weighted by molar-refractivity contribution is 0.404. The van der Waals surface area contributed by atoms with Gasteiger partial charge in [0.2, 0.25) is 0 Å². The minimum atomic E-state index is 0.826. The SMILES string of the molecule is C=CCCCNc1cc(OC)ccc1OC. The number of benzene rings is 1. The van der Waals surface area contributed by atoms with Crippen LogP contribution in [0, 0.1) is 0 Å². The monoisotopic (exact) mass is 221 g/mol. The van der Waals surface area contributed by atoms with E-state index < -0.39 is 0 Å². The van der Waals surface area contributed by atoms with Gasteiger partial charge in [0.05, 0.1) is 19.9 Å². The van der Waals surface area contributed by atoms with Gasteiger partial charge in [-0.25, -0.2) is 0 Å². The zero-order valence-electron chi connectivity index (χ0n) is 9.95. The molecule has 0 aliphatic carbocycles. The van der Waals surface area contributed by atoms with Crippen LogP contribution in [0.25, 0.3) is 0 Å². The van der Waals surface area contributed by atoms with E-state index in [0.29, 0.717) is 0 Å². The second-order valence-corrected chi connectivity index (χ2v) is 3.42. The van der Waals surface area contributed by atoms with Gasteiger partial charge in [0.15, 0.2) is 0 Å². The Morgan fingerprint density at radius 1 is 1.31 bits per heavy atom. The quantitative estimate of drug-likeness (QED) is 0.567. The van der Waals surface area contributed by atoms with Crippen LogP contribution in [0.2, 0.25) is 0 Å². The highest BCUT2D eigenvalue weighted by Crippen LogP contribution is 2.28. The first-order valence-electron chi connectivity index (χ1n) is 5.38. The third-order valence-electron chi connectivity index (χ3n) is 2.31. The number of anilines is 1. The lowest BCUT2D eigenvalue weighted by Crippen LogP contribution is -2.03. The van der Waals surface area contributed by atoms with Gasteiger partial charge in [-0.3, -0.25) is 0 Å². The summed E-state index contributed by atoms with van der Waals surface area (Å²) in [5.41, 5.74) is 0.964. The molecule has 0 atom stereocenters. The van der Waals surface area contributed by atoms with E-state index >= 15 is 0 Å². The molecule has 0 bridgehead atoms. The van der Waals surface area contributed by atoms with Gasteiger partial charge in [-0.2, -0.15) is 0 Å². The smallest absolute Gasteiger partial charge is 0.142 e. The molecule has 0 fully saturated rings. The summed E-state index contributed by atoms with van der Waals surface area (Å²) in [6.45, 7) is 4.59. The number of nitrogens with one attached hydrogen (secondary N) is 1. The Morgan fingerprint density at radius 2 is 2.12 bits per heavy atom. The van der Waals surface area contributed by atoms with Gasteiger partial charge in [0.1, 0.15) is 11.5 Å². The van der Waals surface area contributed by atoms with E-state index in [9.17, 15) is 0 Å². The number of rotatable bonds is 7. The summed E-state index contributed by atoms with van der Waals surface area (Å²) in [6, 6.07) is 5.72. The molecule has 0 amide bonds. The zero-order valence-corrected chi connectivity index (χ0v) is 9.95. The van der Waals surface area contributed by atoms with Crippen LogP contribution in [0.3, 0.4) is 0 Å². The van der Waals surface area contributed by atoms with E-state index in [2.05, 4.69) is 11.9 Å². The van der Waals surface area contributed by atoms with Gasteiger partial charge < -0.3 is 14.8 Å². The second kappa shape index (κ2) is 6.77. The summed E-state index contributed by atoms with van der Waals surface area (Å²) in [5.74, 6) is 1.66. The second-order valence-electron chi connectivity index (χ2n) is 3.42. The molecule has 16 heavy (non-hydrogen) atoms. The Labute approximate surface area is 97.1 Å². The molecule has 0 aliphatic rings. The molecule has 0 heterocycles. The molecular weight excluding hydrogens is 202 g/mol. The van der Waals surface area contributed by atoms with Crippen molar-refractivity contribution >= 4 is 5.69 Å². The van der Waals surface area contributed by atoms with Gasteiger partial charge >= 0.3 is 0 Å². The maximum Gasteiger partial charge on any atom is 0.142 e. The molecular formula is C13H19NO2. The third kappa shape index (κ3) is 3.50. The lowest BCUT2D eigenvalue weighted by Gasteiger charge is -2.12. The lowest BCUT2D eigenvalue weighted by atomic mass is 10.2. The van der Waals surface area contributed by atoms with Crippen molar-refractivity contribution in [1.82, 2.24) is 0 Å². The minimum Gasteiger partial charge on any atom is -0.497 e. The molecule has 1 N–H and O–H groups in total. The van der Waals surface area contributed by atoms with E-state index in [1.807, 2.05) is 24.3 Å². The van der Waals surface area contributed by atoms with E-state index in [-0.39, 0.29) is 0 Å². The standard InChI is InChI=1S/C13H19NO2/c1-4-5-6-9-14-12-10-11(15-2)7-8-13(12)16-3/h4,7-8,10,14H,1,5-6,9H2,2-3H3. The van der Waals surface area contributed by atoms with Crippen LogP contribution in [0.1, 0.15) is 12.8 Å². The van der Waals surface area contributed by atoms with Crippen molar-refractivity contribution in [2.45, 2.75) is 12.8 Å². The average molecular weight is 221 g/mol. The van der Waals surface area contributed by atoms with Crippen LogP contribution in [0.15, 0.2) is 30.9 Å². The van der Waals surface area contributed by atoms with Gasteiger partial charge in [-0.1, -0.05) is 6.08 Å². The van der Waals surface area contributed by atoms with Gasteiger partial charge in [0.25, 0.3) is 0 Å². The maximum atomic E-state index is 5.26. The number of hydrogen-bond donors (Lipinski definition) is 1. The predicted octanol–water partition coefficient (Wildman–Crippen LogP) is 3.08. The molecule has 0 aliphatic heterocycles. The Bertz CT molecular complexity index is 337. The summed E-state index contributed by atoms with van der Waals surface area (Å²) in [6.07, 6.45) is 3.99. The first kappa shape index (κ1) is 12.4.